The van der Waals surface area contributed by atoms with Gasteiger partial charge in [-0.25, -0.2) is 13.4 Å². The van der Waals surface area contributed by atoms with E-state index in [2.05, 4.69) is 10.3 Å². The first kappa shape index (κ1) is 18.2. The molecule has 1 aromatic heterocycles. The van der Waals surface area contributed by atoms with Crippen molar-refractivity contribution in [1.82, 2.24) is 4.98 Å². The molecular weight excluding hydrogens is 408 g/mol. The Balaban J connectivity index is 1.53. The topological polar surface area (TPSA) is 85.4 Å². The third-order valence-corrected chi connectivity index (χ3v) is 6.60. The van der Waals surface area contributed by atoms with Gasteiger partial charge in [-0.3, -0.25) is 4.79 Å². The molecule has 2 aromatic carbocycles. The third kappa shape index (κ3) is 3.78. The Morgan fingerprint density at radius 1 is 1.30 bits per heavy atom. The number of hydrogen-bond donors (Lipinski definition) is 1. The minimum Gasteiger partial charge on any atom is -0.492 e. The van der Waals surface area contributed by atoms with E-state index in [0.29, 0.717) is 26.8 Å². The first-order chi connectivity index (χ1) is 12.8. The van der Waals surface area contributed by atoms with Gasteiger partial charge in [0.05, 0.1) is 21.0 Å². The Morgan fingerprint density at radius 3 is 2.89 bits per heavy atom. The summed E-state index contributed by atoms with van der Waals surface area (Å²) in [5, 5.41) is 3.84. The summed E-state index contributed by atoms with van der Waals surface area (Å²) in [5.74, 6) is 0.203. The van der Waals surface area contributed by atoms with Gasteiger partial charge in [-0.2, -0.15) is 0 Å². The fraction of sp³-hybridized carbons (Fsp3) is 0.222. The SMILES string of the molecule is CS(=O)(=O)c1ccc2nc(NC(=O)C3COc4ccc(Cl)cc4C3)sc2c1. The molecule has 1 N–H and O–H groups in total. The molecule has 27 heavy (non-hydrogen) atoms. The Hall–Kier alpha value is -2.16. The van der Waals surface area contributed by atoms with Crippen LogP contribution in [0.25, 0.3) is 10.2 Å². The van der Waals surface area contributed by atoms with Gasteiger partial charge in [0.1, 0.15) is 12.4 Å². The normalized spacial score (nSPS) is 16.6. The summed E-state index contributed by atoms with van der Waals surface area (Å²) in [6, 6.07) is 10.1. The van der Waals surface area contributed by atoms with Crippen molar-refractivity contribution in [1.29, 1.82) is 0 Å². The van der Waals surface area contributed by atoms with Crippen LogP contribution in [-0.4, -0.2) is 32.2 Å². The van der Waals surface area contributed by atoms with Gasteiger partial charge in [-0.05, 0) is 48.4 Å². The van der Waals surface area contributed by atoms with E-state index in [1.54, 1.807) is 30.3 Å². The second-order valence-corrected chi connectivity index (χ2v) is 9.86. The molecule has 0 bridgehead atoms. The van der Waals surface area contributed by atoms with Crippen LogP contribution >= 0.6 is 22.9 Å². The second-order valence-electron chi connectivity index (χ2n) is 6.37. The number of benzene rings is 2. The predicted octanol–water partition coefficient (Wildman–Crippen LogP) is 3.54. The van der Waals surface area contributed by atoms with Crippen molar-refractivity contribution in [3.63, 3.8) is 0 Å². The van der Waals surface area contributed by atoms with Gasteiger partial charge >= 0.3 is 0 Å². The standard InChI is InChI=1S/C18H15ClN2O4S2/c1-27(23,24)13-3-4-14-16(8-13)26-18(20-14)21-17(22)11-6-10-7-12(19)2-5-15(10)25-9-11/h2-5,7-8,11H,6,9H2,1H3,(H,20,21,22). The van der Waals surface area contributed by atoms with Crippen molar-refractivity contribution in [2.75, 3.05) is 18.2 Å². The van der Waals surface area contributed by atoms with E-state index in [0.717, 1.165) is 17.6 Å². The van der Waals surface area contributed by atoms with Gasteiger partial charge < -0.3 is 10.1 Å². The molecule has 3 aromatic rings. The third-order valence-electron chi connectivity index (χ3n) is 4.32. The van der Waals surface area contributed by atoms with Gasteiger partial charge in [-0.15, -0.1) is 0 Å². The fourth-order valence-electron chi connectivity index (χ4n) is 2.93. The van der Waals surface area contributed by atoms with Crippen molar-refractivity contribution in [3.05, 3.63) is 47.0 Å². The largest absolute Gasteiger partial charge is 0.492 e. The molecule has 1 aliphatic rings. The van der Waals surface area contributed by atoms with Gasteiger partial charge in [0.15, 0.2) is 15.0 Å². The van der Waals surface area contributed by atoms with E-state index < -0.39 is 9.84 Å². The molecule has 1 atom stereocenters. The zero-order chi connectivity index (χ0) is 19.2. The van der Waals surface area contributed by atoms with Gasteiger partial charge in [0, 0.05) is 11.3 Å². The van der Waals surface area contributed by atoms with Crippen molar-refractivity contribution >= 4 is 54.0 Å². The van der Waals surface area contributed by atoms with Crippen molar-refractivity contribution < 1.29 is 17.9 Å². The molecule has 0 radical (unpaired) electrons. The lowest BCUT2D eigenvalue weighted by Crippen LogP contribution is -2.32. The summed E-state index contributed by atoms with van der Waals surface area (Å²) >= 11 is 7.25. The summed E-state index contributed by atoms with van der Waals surface area (Å²) in [5.41, 5.74) is 1.54. The minimum absolute atomic E-state index is 0.192. The number of ether oxygens (including phenoxy) is 1. The van der Waals surface area contributed by atoms with E-state index in [9.17, 15) is 13.2 Å². The van der Waals surface area contributed by atoms with Crippen LogP contribution in [0.1, 0.15) is 5.56 Å². The number of nitrogens with zero attached hydrogens (tertiary/aromatic N) is 1. The van der Waals surface area contributed by atoms with Crippen LogP contribution in [0.5, 0.6) is 5.75 Å². The van der Waals surface area contributed by atoms with E-state index in [-0.39, 0.29) is 23.3 Å². The first-order valence-electron chi connectivity index (χ1n) is 8.12. The van der Waals surface area contributed by atoms with Crippen LogP contribution in [0.3, 0.4) is 0 Å². The van der Waals surface area contributed by atoms with Crippen LogP contribution in [0, 0.1) is 5.92 Å². The molecule has 0 saturated carbocycles. The molecule has 6 nitrogen and oxygen atoms in total. The highest BCUT2D eigenvalue weighted by Crippen LogP contribution is 2.32. The first-order valence-corrected chi connectivity index (χ1v) is 11.2. The zero-order valence-electron chi connectivity index (χ0n) is 14.2. The monoisotopic (exact) mass is 422 g/mol. The lowest BCUT2D eigenvalue weighted by Gasteiger charge is -2.24. The number of carbonyl (C=O) groups is 1. The highest BCUT2D eigenvalue weighted by atomic mass is 35.5. The second kappa shape index (κ2) is 6.78. The van der Waals surface area contributed by atoms with E-state index in [4.69, 9.17) is 16.3 Å². The molecule has 4 rings (SSSR count). The molecule has 1 unspecified atom stereocenters. The molecule has 0 saturated heterocycles. The van der Waals surface area contributed by atoms with Crippen molar-refractivity contribution in [2.45, 2.75) is 11.3 Å². The number of nitrogens with one attached hydrogen (secondary N) is 1. The number of sulfone groups is 1. The lowest BCUT2D eigenvalue weighted by atomic mass is 9.96. The summed E-state index contributed by atoms with van der Waals surface area (Å²) in [7, 11) is -3.29. The predicted molar refractivity (Wildman–Crippen MR) is 106 cm³/mol. The Kier molecular flexibility index (Phi) is 4.57. The highest BCUT2D eigenvalue weighted by molar-refractivity contribution is 7.90. The van der Waals surface area contributed by atoms with E-state index in [1.165, 1.54) is 17.4 Å². The summed E-state index contributed by atoms with van der Waals surface area (Å²) in [6.45, 7) is 0.281. The number of hydrogen-bond acceptors (Lipinski definition) is 6. The number of amides is 1. The number of carbonyl (C=O) groups excluding carboxylic acids is 1. The van der Waals surface area contributed by atoms with Crippen LogP contribution in [0.15, 0.2) is 41.3 Å². The number of thiazole rings is 1. The molecule has 9 heteroatoms. The van der Waals surface area contributed by atoms with Gasteiger partial charge in [-0.1, -0.05) is 22.9 Å². The summed E-state index contributed by atoms with van der Waals surface area (Å²) in [4.78, 5) is 17.2. The number of rotatable bonds is 3. The zero-order valence-corrected chi connectivity index (χ0v) is 16.6. The smallest absolute Gasteiger partial charge is 0.233 e. The fourth-order valence-corrected chi connectivity index (χ4v) is 4.75. The molecule has 0 spiro atoms. The maximum atomic E-state index is 12.6. The molecular formula is C18H15ClN2O4S2. The van der Waals surface area contributed by atoms with Crippen molar-refractivity contribution in [3.8, 4) is 5.75 Å². The molecule has 0 fully saturated rings. The van der Waals surface area contributed by atoms with Crippen LogP contribution in [0.2, 0.25) is 5.02 Å². The lowest BCUT2D eigenvalue weighted by molar-refractivity contribution is -0.121. The molecule has 140 valence electrons. The van der Waals surface area contributed by atoms with Crippen molar-refractivity contribution in [2.24, 2.45) is 5.92 Å². The van der Waals surface area contributed by atoms with Crippen LogP contribution < -0.4 is 10.1 Å². The quantitative estimate of drug-likeness (QED) is 0.697. The highest BCUT2D eigenvalue weighted by Gasteiger charge is 2.27. The van der Waals surface area contributed by atoms with Crippen LogP contribution in [-0.2, 0) is 21.1 Å². The molecule has 1 aliphatic heterocycles. The summed E-state index contributed by atoms with van der Waals surface area (Å²) < 4.78 is 29.7. The van der Waals surface area contributed by atoms with E-state index >= 15 is 0 Å². The Labute approximate surface area is 165 Å². The number of aromatic nitrogens is 1. The van der Waals surface area contributed by atoms with E-state index in [1.807, 2.05) is 0 Å². The minimum atomic E-state index is -3.29. The summed E-state index contributed by atoms with van der Waals surface area (Å²) in [6.07, 6.45) is 1.69. The molecule has 1 amide bonds. The van der Waals surface area contributed by atoms with Gasteiger partial charge in [0.25, 0.3) is 0 Å². The Bertz CT molecular complexity index is 1160. The average Bonchev–Trinajstić information content (AvgIpc) is 3.01. The maximum absolute atomic E-state index is 12.6. The van der Waals surface area contributed by atoms with Gasteiger partial charge in [0.2, 0.25) is 5.91 Å². The average molecular weight is 423 g/mol. The number of halogens is 1. The number of fused-ring (bicyclic) bond motifs is 2. The van der Waals surface area contributed by atoms with Crippen LogP contribution in [0.4, 0.5) is 5.13 Å². The Morgan fingerprint density at radius 2 is 2.11 bits per heavy atom. The number of anilines is 1. The molecule has 0 aliphatic carbocycles. The molecule has 2 heterocycles. The maximum Gasteiger partial charge on any atom is 0.233 e.